The highest BCUT2D eigenvalue weighted by Gasteiger charge is 2.03. The predicted octanol–water partition coefficient (Wildman–Crippen LogP) is 3.83. The van der Waals surface area contributed by atoms with Gasteiger partial charge in [0.15, 0.2) is 0 Å². The van der Waals surface area contributed by atoms with E-state index >= 15 is 0 Å². The summed E-state index contributed by atoms with van der Waals surface area (Å²) in [6.45, 7) is 0. The second-order valence-electron chi connectivity index (χ2n) is 4.34. The van der Waals surface area contributed by atoms with Crippen molar-refractivity contribution in [3.8, 4) is 5.75 Å². The molecule has 0 heterocycles. The summed E-state index contributed by atoms with van der Waals surface area (Å²) in [5.74, 6) is 0.849. The Kier molecular flexibility index (Phi) is 4.76. The summed E-state index contributed by atoms with van der Waals surface area (Å²) in [7, 11) is 1.65. The monoisotopic (exact) mass is 254 g/mol. The first-order valence-electron chi connectivity index (χ1n) is 6.33. The molecule has 2 nitrogen and oxygen atoms in total. The maximum Gasteiger partial charge on any atom is 0.118 e. The van der Waals surface area contributed by atoms with Gasteiger partial charge in [0.05, 0.1) is 13.2 Å². The Bertz CT molecular complexity index is 515. The molecule has 19 heavy (non-hydrogen) atoms. The summed E-state index contributed by atoms with van der Waals surface area (Å²) in [6, 6.07) is 17.5. The summed E-state index contributed by atoms with van der Waals surface area (Å²) < 4.78 is 5.11. The van der Waals surface area contributed by atoms with Gasteiger partial charge in [0, 0.05) is 0 Å². The van der Waals surface area contributed by atoms with Crippen molar-refractivity contribution in [2.75, 3.05) is 7.11 Å². The van der Waals surface area contributed by atoms with E-state index in [1.807, 2.05) is 66.7 Å². The molecule has 0 radical (unpaired) electrons. The summed E-state index contributed by atoms with van der Waals surface area (Å²) >= 11 is 0. The predicted molar refractivity (Wildman–Crippen MR) is 78.0 cm³/mol. The van der Waals surface area contributed by atoms with Gasteiger partial charge in [-0.25, -0.2) is 0 Å². The number of aliphatic hydroxyl groups is 1. The van der Waals surface area contributed by atoms with Crippen molar-refractivity contribution in [2.24, 2.45) is 0 Å². The van der Waals surface area contributed by atoms with Crippen LogP contribution in [0.5, 0.6) is 5.75 Å². The minimum atomic E-state index is -0.448. The van der Waals surface area contributed by atoms with Crippen LogP contribution >= 0.6 is 0 Å². The van der Waals surface area contributed by atoms with Crippen LogP contribution in [-0.4, -0.2) is 12.2 Å². The molecule has 0 spiro atoms. The fourth-order valence-corrected chi connectivity index (χ4v) is 1.86. The minimum absolute atomic E-state index is 0.448. The number of hydrogen-bond acceptors (Lipinski definition) is 2. The van der Waals surface area contributed by atoms with Crippen molar-refractivity contribution in [3.05, 3.63) is 71.8 Å². The SMILES string of the molecule is COc1ccc(/C=C\CC(O)c2ccccc2)cc1. The summed E-state index contributed by atoms with van der Waals surface area (Å²) in [5, 5.41) is 10.0. The molecule has 2 heteroatoms. The van der Waals surface area contributed by atoms with E-state index in [0.717, 1.165) is 16.9 Å². The van der Waals surface area contributed by atoms with Crippen LogP contribution in [0.3, 0.4) is 0 Å². The maximum absolute atomic E-state index is 10.0. The molecule has 0 aliphatic rings. The fraction of sp³-hybridized carbons (Fsp3) is 0.176. The minimum Gasteiger partial charge on any atom is -0.497 e. The second-order valence-corrected chi connectivity index (χ2v) is 4.34. The van der Waals surface area contributed by atoms with Gasteiger partial charge in [-0.2, -0.15) is 0 Å². The van der Waals surface area contributed by atoms with E-state index in [-0.39, 0.29) is 0 Å². The van der Waals surface area contributed by atoms with E-state index in [0.29, 0.717) is 6.42 Å². The normalized spacial score (nSPS) is 12.5. The number of benzene rings is 2. The third-order valence-electron chi connectivity index (χ3n) is 2.97. The van der Waals surface area contributed by atoms with E-state index < -0.39 is 6.10 Å². The highest BCUT2D eigenvalue weighted by Crippen LogP contribution is 2.18. The Balaban J connectivity index is 1.92. The van der Waals surface area contributed by atoms with Crippen LogP contribution in [0.1, 0.15) is 23.7 Å². The van der Waals surface area contributed by atoms with Crippen molar-refractivity contribution >= 4 is 6.08 Å². The average Bonchev–Trinajstić information content (AvgIpc) is 2.49. The summed E-state index contributed by atoms with van der Waals surface area (Å²) in [6.07, 6.45) is 4.15. The first-order valence-corrected chi connectivity index (χ1v) is 6.33. The van der Waals surface area contributed by atoms with Crippen molar-refractivity contribution in [2.45, 2.75) is 12.5 Å². The van der Waals surface area contributed by atoms with Crippen molar-refractivity contribution in [1.82, 2.24) is 0 Å². The molecule has 1 N–H and O–H groups in total. The second kappa shape index (κ2) is 6.76. The quantitative estimate of drug-likeness (QED) is 0.878. The molecule has 0 bridgehead atoms. The van der Waals surface area contributed by atoms with Crippen LogP contribution in [-0.2, 0) is 0 Å². The standard InChI is InChI=1S/C17H18O2/c1-19-16-12-10-14(11-13-16)6-5-9-17(18)15-7-3-2-4-8-15/h2-8,10-13,17-18H,9H2,1H3/b6-5-. The molecule has 0 amide bonds. The van der Waals surface area contributed by atoms with Gasteiger partial charge in [-0.05, 0) is 29.7 Å². The molecule has 98 valence electrons. The average molecular weight is 254 g/mol. The molecule has 0 aromatic heterocycles. The molecule has 2 aromatic rings. The third kappa shape index (κ3) is 3.97. The van der Waals surface area contributed by atoms with Gasteiger partial charge >= 0.3 is 0 Å². The van der Waals surface area contributed by atoms with Crippen LogP contribution < -0.4 is 4.74 Å². The van der Waals surface area contributed by atoms with Crippen molar-refractivity contribution in [1.29, 1.82) is 0 Å². The molecule has 0 fully saturated rings. The van der Waals surface area contributed by atoms with Gasteiger partial charge < -0.3 is 9.84 Å². The highest BCUT2D eigenvalue weighted by molar-refractivity contribution is 5.50. The number of aliphatic hydroxyl groups excluding tert-OH is 1. The fourth-order valence-electron chi connectivity index (χ4n) is 1.86. The number of methoxy groups -OCH3 is 1. The zero-order chi connectivity index (χ0) is 13.5. The lowest BCUT2D eigenvalue weighted by atomic mass is 10.1. The maximum atomic E-state index is 10.0. The molecule has 1 atom stereocenters. The zero-order valence-electron chi connectivity index (χ0n) is 11.0. The van der Waals surface area contributed by atoms with Crippen LogP contribution in [0.4, 0.5) is 0 Å². The molecule has 0 aliphatic heterocycles. The van der Waals surface area contributed by atoms with Crippen LogP contribution in [0.2, 0.25) is 0 Å². The highest BCUT2D eigenvalue weighted by atomic mass is 16.5. The van der Waals surface area contributed by atoms with E-state index in [1.54, 1.807) is 7.11 Å². The smallest absolute Gasteiger partial charge is 0.118 e. The van der Waals surface area contributed by atoms with Crippen LogP contribution in [0.25, 0.3) is 6.08 Å². The van der Waals surface area contributed by atoms with Gasteiger partial charge in [-0.3, -0.25) is 0 Å². The number of hydrogen-bond donors (Lipinski definition) is 1. The molecule has 2 aromatic carbocycles. The molecule has 1 unspecified atom stereocenters. The lowest BCUT2D eigenvalue weighted by molar-refractivity contribution is 0.182. The number of ether oxygens (including phenoxy) is 1. The van der Waals surface area contributed by atoms with Crippen LogP contribution in [0, 0.1) is 0 Å². The Morgan fingerprint density at radius 1 is 1.05 bits per heavy atom. The van der Waals surface area contributed by atoms with Gasteiger partial charge in [-0.15, -0.1) is 0 Å². The van der Waals surface area contributed by atoms with E-state index in [4.69, 9.17) is 4.74 Å². The summed E-state index contributed by atoms with van der Waals surface area (Å²) in [5.41, 5.74) is 2.04. The van der Waals surface area contributed by atoms with Crippen molar-refractivity contribution in [3.63, 3.8) is 0 Å². The Labute approximate surface area is 114 Å². The lowest BCUT2D eigenvalue weighted by Crippen LogP contribution is -1.94. The topological polar surface area (TPSA) is 29.5 Å². The molecular weight excluding hydrogens is 236 g/mol. The van der Waals surface area contributed by atoms with Crippen LogP contribution in [0.15, 0.2) is 60.7 Å². The molecular formula is C17H18O2. The van der Waals surface area contributed by atoms with Crippen molar-refractivity contribution < 1.29 is 9.84 Å². The van der Waals surface area contributed by atoms with Gasteiger partial charge in [-0.1, -0.05) is 54.6 Å². The Hall–Kier alpha value is -2.06. The zero-order valence-corrected chi connectivity index (χ0v) is 11.0. The van der Waals surface area contributed by atoms with Gasteiger partial charge in [0.25, 0.3) is 0 Å². The van der Waals surface area contributed by atoms with Gasteiger partial charge in [0.1, 0.15) is 5.75 Å². The third-order valence-corrected chi connectivity index (χ3v) is 2.97. The molecule has 0 aliphatic carbocycles. The van der Waals surface area contributed by atoms with E-state index in [2.05, 4.69) is 0 Å². The van der Waals surface area contributed by atoms with Gasteiger partial charge in [0.2, 0.25) is 0 Å². The summed E-state index contributed by atoms with van der Waals surface area (Å²) in [4.78, 5) is 0. The Morgan fingerprint density at radius 3 is 2.37 bits per heavy atom. The lowest BCUT2D eigenvalue weighted by Gasteiger charge is -2.07. The first-order chi connectivity index (χ1) is 9.29. The largest absolute Gasteiger partial charge is 0.497 e. The van der Waals surface area contributed by atoms with E-state index in [1.165, 1.54) is 0 Å². The molecule has 0 saturated heterocycles. The van der Waals surface area contributed by atoms with E-state index in [9.17, 15) is 5.11 Å². The Morgan fingerprint density at radius 2 is 1.74 bits per heavy atom. The number of rotatable bonds is 5. The molecule has 0 saturated carbocycles. The molecule has 2 rings (SSSR count). The first kappa shape index (κ1) is 13.4.